The molecule has 3 saturated heterocycles. The first-order valence-corrected chi connectivity index (χ1v) is 15.8. The van der Waals surface area contributed by atoms with Crippen LogP contribution in [0.1, 0.15) is 48.5 Å². The van der Waals surface area contributed by atoms with Gasteiger partial charge in [0.25, 0.3) is 0 Å². The van der Waals surface area contributed by atoms with Crippen LogP contribution in [0.3, 0.4) is 0 Å². The molecule has 3 aliphatic rings. The van der Waals surface area contributed by atoms with E-state index in [2.05, 4.69) is 4.18 Å². The predicted octanol–water partition coefficient (Wildman–Crippen LogP) is 3.21. The van der Waals surface area contributed by atoms with E-state index in [1.807, 2.05) is 33.9 Å². The van der Waals surface area contributed by atoms with E-state index >= 15 is 0 Å². The summed E-state index contributed by atoms with van der Waals surface area (Å²) in [7, 11) is -8.60. The number of rotatable bonds is 7. The molecule has 10 nitrogen and oxygen atoms in total. The lowest BCUT2D eigenvalue weighted by Crippen LogP contribution is -2.52. The molecule has 0 amide bonds. The summed E-state index contributed by atoms with van der Waals surface area (Å²) >= 11 is 0. The van der Waals surface area contributed by atoms with Gasteiger partial charge in [0, 0.05) is 0 Å². The lowest BCUT2D eigenvalue weighted by molar-refractivity contribution is -0.201. The Bertz CT molecular complexity index is 960. The van der Waals surface area contributed by atoms with Crippen LogP contribution in [0, 0.1) is 0 Å². The smallest absolute Gasteiger partial charge is 0.455 e. The molecular formula is C21H35F3O10SSi. The van der Waals surface area contributed by atoms with E-state index in [-0.39, 0.29) is 5.04 Å². The summed E-state index contributed by atoms with van der Waals surface area (Å²) in [4.78, 5) is 12.5. The van der Waals surface area contributed by atoms with Crippen LogP contribution in [0.2, 0.25) is 18.1 Å². The van der Waals surface area contributed by atoms with Crippen LogP contribution in [0.5, 0.6) is 0 Å². The Morgan fingerprint density at radius 1 is 0.944 bits per heavy atom. The van der Waals surface area contributed by atoms with E-state index in [1.165, 1.54) is 13.8 Å². The van der Waals surface area contributed by atoms with Gasteiger partial charge in [-0.05, 0) is 45.8 Å². The number of hydrogen-bond acceptors (Lipinski definition) is 10. The molecule has 210 valence electrons. The first-order chi connectivity index (χ1) is 16.0. The normalized spacial score (nSPS) is 33.4. The summed E-state index contributed by atoms with van der Waals surface area (Å²) < 4.78 is 103. The van der Waals surface area contributed by atoms with Crippen LogP contribution in [-0.2, 0) is 47.2 Å². The number of carbonyl (C=O) groups is 1. The maximum Gasteiger partial charge on any atom is 0.523 e. The monoisotopic (exact) mass is 564 g/mol. The van der Waals surface area contributed by atoms with Crippen molar-refractivity contribution in [3.8, 4) is 0 Å². The van der Waals surface area contributed by atoms with Crippen molar-refractivity contribution >= 4 is 24.4 Å². The summed E-state index contributed by atoms with van der Waals surface area (Å²) in [5, 5.41) is -0.332. The molecule has 0 spiro atoms. The maximum atomic E-state index is 13.3. The second-order valence-corrected chi connectivity index (χ2v) is 18.0. The zero-order chi connectivity index (χ0) is 27.7. The molecule has 0 aromatic carbocycles. The average Bonchev–Trinajstić information content (AvgIpc) is 3.25. The third kappa shape index (κ3) is 5.92. The standard InChI is InChI=1S/C21H35F3O10SSi/c1-18(2,3)36(8,9)28-10-11(34-35(26,27)21(22,23)24)12-14(31-19(4,5)30-12)13-15-16(17(25)29-13)33-20(6,7)32-15/h11-16H,10H2,1-9H3/t11-,12-,13-,14-,15-,16-/m1/s1. The van der Waals surface area contributed by atoms with Gasteiger partial charge in [0.2, 0.25) is 0 Å². The number of carbonyl (C=O) groups excluding carboxylic acids is 1. The van der Waals surface area contributed by atoms with Crippen LogP contribution in [-0.4, -0.2) is 83.0 Å². The second-order valence-electron chi connectivity index (χ2n) is 11.6. The molecular weight excluding hydrogens is 529 g/mol. The molecule has 0 radical (unpaired) electrons. The fourth-order valence-electron chi connectivity index (χ4n) is 3.99. The quantitative estimate of drug-likeness (QED) is 0.198. The largest absolute Gasteiger partial charge is 0.523 e. The van der Waals surface area contributed by atoms with Gasteiger partial charge in [0.1, 0.15) is 24.4 Å². The van der Waals surface area contributed by atoms with Crippen LogP contribution < -0.4 is 0 Å². The topological polar surface area (TPSA) is 116 Å². The molecule has 3 aliphatic heterocycles. The molecule has 0 N–H and O–H groups in total. The van der Waals surface area contributed by atoms with Gasteiger partial charge in [-0.3, -0.25) is 4.18 Å². The van der Waals surface area contributed by atoms with Crippen LogP contribution >= 0.6 is 0 Å². The van der Waals surface area contributed by atoms with Crippen molar-refractivity contribution in [1.29, 1.82) is 0 Å². The highest BCUT2D eigenvalue weighted by molar-refractivity contribution is 7.87. The maximum absolute atomic E-state index is 13.3. The Hall–Kier alpha value is -0.813. The van der Waals surface area contributed by atoms with Crippen molar-refractivity contribution in [2.75, 3.05) is 6.61 Å². The summed E-state index contributed by atoms with van der Waals surface area (Å²) in [5.74, 6) is -3.24. The van der Waals surface area contributed by atoms with E-state index in [0.717, 1.165) is 0 Å². The van der Waals surface area contributed by atoms with Gasteiger partial charge in [-0.15, -0.1) is 0 Å². The minimum absolute atomic E-state index is 0.332. The molecule has 3 heterocycles. The van der Waals surface area contributed by atoms with Crippen molar-refractivity contribution in [2.45, 2.75) is 120 Å². The molecule has 0 aromatic heterocycles. The predicted molar refractivity (Wildman–Crippen MR) is 121 cm³/mol. The molecule has 3 rings (SSSR count). The average molecular weight is 565 g/mol. The Labute approximate surface area is 210 Å². The minimum atomic E-state index is -6.03. The highest BCUT2D eigenvalue weighted by atomic mass is 32.2. The van der Waals surface area contributed by atoms with Crippen LogP contribution in [0.15, 0.2) is 0 Å². The lowest BCUT2D eigenvalue weighted by atomic mass is 9.98. The Balaban J connectivity index is 1.96. The Kier molecular flexibility index (Phi) is 7.55. The number of fused-ring (bicyclic) bond motifs is 1. The number of esters is 1. The summed E-state index contributed by atoms with van der Waals surface area (Å²) in [5.41, 5.74) is -5.68. The van der Waals surface area contributed by atoms with E-state index in [1.54, 1.807) is 13.8 Å². The molecule has 0 aliphatic carbocycles. The highest BCUT2D eigenvalue weighted by Gasteiger charge is 2.63. The number of alkyl halides is 3. The van der Waals surface area contributed by atoms with Crippen molar-refractivity contribution in [1.82, 2.24) is 0 Å². The number of halogens is 3. The third-order valence-corrected chi connectivity index (χ3v) is 12.3. The van der Waals surface area contributed by atoms with Crippen molar-refractivity contribution in [3.05, 3.63) is 0 Å². The highest BCUT2D eigenvalue weighted by Crippen LogP contribution is 2.44. The van der Waals surface area contributed by atoms with Crippen molar-refractivity contribution in [3.63, 3.8) is 0 Å². The van der Waals surface area contributed by atoms with Gasteiger partial charge in [-0.1, -0.05) is 20.8 Å². The van der Waals surface area contributed by atoms with Gasteiger partial charge in [-0.2, -0.15) is 21.6 Å². The van der Waals surface area contributed by atoms with Gasteiger partial charge in [-0.25, -0.2) is 4.79 Å². The molecule has 3 fully saturated rings. The first-order valence-electron chi connectivity index (χ1n) is 11.5. The van der Waals surface area contributed by atoms with E-state index in [9.17, 15) is 26.4 Å². The summed E-state index contributed by atoms with van der Waals surface area (Å²) in [6, 6.07) is 0. The van der Waals surface area contributed by atoms with E-state index in [4.69, 9.17) is 28.1 Å². The first kappa shape index (κ1) is 29.7. The van der Waals surface area contributed by atoms with Crippen LogP contribution in [0.4, 0.5) is 13.2 Å². The number of ether oxygens (including phenoxy) is 5. The fourth-order valence-corrected chi connectivity index (χ4v) is 5.61. The number of cyclic esters (lactones) is 1. The second kappa shape index (κ2) is 9.14. The van der Waals surface area contributed by atoms with Gasteiger partial charge in [0.15, 0.2) is 32.1 Å². The zero-order valence-corrected chi connectivity index (χ0v) is 23.6. The fraction of sp³-hybridized carbons (Fsp3) is 0.952. The van der Waals surface area contributed by atoms with Crippen molar-refractivity contribution in [2.24, 2.45) is 0 Å². The van der Waals surface area contributed by atoms with Crippen molar-refractivity contribution < 1.29 is 58.7 Å². The summed E-state index contributed by atoms with van der Waals surface area (Å²) in [6.45, 7) is 15.1. The molecule has 0 bridgehead atoms. The number of hydrogen-bond donors (Lipinski definition) is 0. The molecule has 6 atom stereocenters. The van der Waals surface area contributed by atoms with E-state index in [0.29, 0.717) is 0 Å². The molecule has 0 unspecified atom stereocenters. The third-order valence-electron chi connectivity index (χ3n) is 6.74. The van der Waals surface area contributed by atoms with Gasteiger partial charge < -0.3 is 28.1 Å². The van der Waals surface area contributed by atoms with Gasteiger partial charge in [0.05, 0.1) is 6.61 Å². The lowest BCUT2D eigenvalue weighted by Gasteiger charge is -2.38. The van der Waals surface area contributed by atoms with Crippen LogP contribution in [0.25, 0.3) is 0 Å². The van der Waals surface area contributed by atoms with Gasteiger partial charge >= 0.3 is 21.6 Å². The Morgan fingerprint density at radius 2 is 1.47 bits per heavy atom. The zero-order valence-electron chi connectivity index (χ0n) is 21.8. The molecule has 0 saturated carbocycles. The molecule has 0 aromatic rings. The minimum Gasteiger partial charge on any atom is -0.455 e. The SMILES string of the molecule is CC1(C)O[C@@H]([C@H]2OC(=O)[C@@H]3OC(C)(C)O[C@H]23)[C@@H]([C@@H](CO[Si](C)(C)C(C)(C)C)OS(=O)(=O)C(F)(F)F)O1. The van der Waals surface area contributed by atoms with E-state index < -0.39 is 84.7 Å². The molecule has 15 heteroatoms. The summed E-state index contributed by atoms with van der Waals surface area (Å²) in [6.07, 6.45) is -7.65. The molecule has 36 heavy (non-hydrogen) atoms. The Morgan fingerprint density at radius 3 is 2.00 bits per heavy atom.